The van der Waals surface area contributed by atoms with Gasteiger partial charge in [-0.25, -0.2) is 0 Å². The van der Waals surface area contributed by atoms with Crippen molar-refractivity contribution >= 4 is 5.84 Å². The molecule has 1 aliphatic heterocycles. The Labute approximate surface area is 90.7 Å². The van der Waals surface area contributed by atoms with E-state index in [1.165, 1.54) is 0 Å². The third kappa shape index (κ3) is 4.48. The van der Waals surface area contributed by atoms with Crippen LogP contribution >= 0.6 is 0 Å². The number of hydrogen-bond acceptors (Lipinski definition) is 4. The molecule has 2 atom stereocenters. The lowest BCUT2D eigenvalue weighted by atomic mass is 10.1. The molecule has 0 saturated carbocycles. The van der Waals surface area contributed by atoms with E-state index in [0.29, 0.717) is 18.4 Å². The first-order valence-corrected chi connectivity index (χ1v) is 5.53. The average molecular weight is 215 g/mol. The molecule has 0 bridgehead atoms. The van der Waals surface area contributed by atoms with E-state index in [4.69, 9.17) is 15.7 Å². The van der Waals surface area contributed by atoms with Crippen LogP contribution < -0.4 is 11.1 Å². The van der Waals surface area contributed by atoms with Gasteiger partial charge in [0.2, 0.25) is 0 Å². The van der Waals surface area contributed by atoms with Gasteiger partial charge in [-0.05, 0) is 18.8 Å². The highest BCUT2D eigenvalue weighted by Crippen LogP contribution is 2.11. The molecule has 1 rings (SSSR count). The summed E-state index contributed by atoms with van der Waals surface area (Å²) in [6, 6.07) is 0.293. The monoisotopic (exact) mass is 215 g/mol. The van der Waals surface area contributed by atoms with Gasteiger partial charge in [-0.3, -0.25) is 0 Å². The summed E-state index contributed by atoms with van der Waals surface area (Å²) in [5.41, 5.74) is 5.47. The molecule has 0 aromatic heterocycles. The summed E-state index contributed by atoms with van der Waals surface area (Å²) in [6.07, 6.45) is 2.71. The van der Waals surface area contributed by atoms with Crippen LogP contribution in [0.5, 0.6) is 0 Å². The Bertz CT molecular complexity index is 203. The van der Waals surface area contributed by atoms with Gasteiger partial charge in [-0.15, -0.1) is 0 Å². The van der Waals surface area contributed by atoms with Gasteiger partial charge in [-0.2, -0.15) is 0 Å². The summed E-state index contributed by atoms with van der Waals surface area (Å²) < 4.78 is 5.30. The summed E-state index contributed by atoms with van der Waals surface area (Å²) in [7, 11) is 0. The molecule has 4 N–H and O–H groups in total. The van der Waals surface area contributed by atoms with Crippen LogP contribution in [0.25, 0.3) is 0 Å². The minimum absolute atomic E-state index is 0.289. The Morgan fingerprint density at radius 2 is 2.53 bits per heavy atom. The van der Waals surface area contributed by atoms with Crippen LogP contribution in [0.2, 0.25) is 0 Å². The maximum Gasteiger partial charge on any atom is 0.140 e. The zero-order valence-corrected chi connectivity index (χ0v) is 9.28. The number of nitrogens with zero attached hydrogens (tertiary/aromatic N) is 1. The number of rotatable bonds is 6. The summed E-state index contributed by atoms with van der Waals surface area (Å²) in [4.78, 5) is 0. The highest BCUT2D eigenvalue weighted by molar-refractivity contribution is 5.80. The minimum atomic E-state index is 0.289. The van der Waals surface area contributed by atoms with Crippen LogP contribution in [0.4, 0.5) is 0 Å². The summed E-state index contributed by atoms with van der Waals surface area (Å²) in [6.45, 7) is 4.78. The van der Waals surface area contributed by atoms with Gasteiger partial charge in [0, 0.05) is 25.6 Å². The van der Waals surface area contributed by atoms with Gasteiger partial charge in [0.15, 0.2) is 0 Å². The highest BCUT2D eigenvalue weighted by Gasteiger charge is 2.17. The summed E-state index contributed by atoms with van der Waals surface area (Å²) in [5, 5.41) is 14.9. The van der Waals surface area contributed by atoms with E-state index in [1.54, 1.807) is 0 Å². The lowest BCUT2D eigenvalue weighted by molar-refractivity contribution is 0.184. The molecule has 1 fully saturated rings. The van der Waals surface area contributed by atoms with E-state index in [0.717, 1.165) is 32.6 Å². The summed E-state index contributed by atoms with van der Waals surface area (Å²) >= 11 is 0. The second kappa shape index (κ2) is 6.63. The molecule has 2 unspecified atom stereocenters. The summed E-state index contributed by atoms with van der Waals surface area (Å²) in [5.74, 6) is 0.906. The maximum atomic E-state index is 8.47. The topological polar surface area (TPSA) is 79.9 Å². The Balaban J connectivity index is 2.20. The largest absolute Gasteiger partial charge is 0.409 e. The van der Waals surface area contributed by atoms with E-state index in [1.807, 2.05) is 0 Å². The molecule has 88 valence electrons. The molecule has 0 spiro atoms. The number of amidine groups is 1. The smallest absolute Gasteiger partial charge is 0.140 e. The molecule has 0 radical (unpaired) electrons. The first kappa shape index (κ1) is 12.3. The third-order valence-corrected chi connectivity index (χ3v) is 2.80. The van der Waals surface area contributed by atoms with Gasteiger partial charge < -0.3 is 21.0 Å². The normalized spacial score (nSPS) is 24.3. The zero-order chi connectivity index (χ0) is 11.1. The van der Waals surface area contributed by atoms with E-state index < -0.39 is 0 Å². The minimum Gasteiger partial charge on any atom is -0.409 e. The lowest BCUT2D eigenvalue weighted by Gasteiger charge is -2.18. The Kier molecular flexibility index (Phi) is 5.42. The maximum absolute atomic E-state index is 8.47. The van der Waals surface area contributed by atoms with Crippen LogP contribution in [0.1, 0.15) is 26.2 Å². The predicted octanol–water partition coefficient (Wildman–Crippen LogP) is 0.528. The third-order valence-electron chi connectivity index (χ3n) is 2.80. The van der Waals surface area contributed by atoms with E-state index in [-0.39, 0.29) is 5.84 Å². The van der Waals surface area contributed by atoms with Gasteiger partial charge in [0.05, 0.1) is 6.61 Å². The van der Waals surface area contributed by atoms with Crippen LogP contribution in [-0.4, -0.2) is 36.8 Å². The van der Waals surface area contributed by atoms with Crippen LogP contribution in [0.15, 0.2) is 5.16 Å². The fourth-order valence-corrected chi connectivity index (χ4v) is 1.73. The quantitative estimate of drug-likeness (QED) is 0.261. The van der Waals surface area contributed by atoms with Crippen molar-refractivity contribution in [3.05, 3.63) is 0 Å². The fourth-order valence-electron chi connectivity index (χ4n) is 1.73. The lowest BCUT2D eigenvalue weighted by Crippen LogP contribution is -2.36. The van der Waals surface area contributed by atoms with Crippen molar-refractivity contribution in [3.63, 3.8) is 0 Å². The molecule has 1 aliphatic rings. The van der Waals surface area contributed by atoms with Gasteiger partial charge >= 0.3 is 0 Å². The SMILES string of the molecule is CCC(CC(N)=NO)NCC1CCOC1. The molecule has 1 saturated heterocycles. The second-order valence-corrected chi connectivity index (χ2v) is 4.04. The van der Waals surface area contributed by atoms with Gasteiger partial charge in [0.1, 0.15) is 5.84 Å². The Morgan fingerprint density at radius 3 is 3.07 bits per heavy atom. The molecular formula is C10H21N3O2. The molecule has 5 nitrogen and oxygen atoms in total. The molecule has 0 aliphatic carbocycles. The van der Waals surface area contributed by atoms with Crippen molar-refractivity contribution in [1.29, 1.82) is 0 Å². The van der Waals surface area contributed by atoms with Crippen LogP contribution in [-0.2, 0) is 4.74 Å². The number of nitrogens with two attached hydrogens (primary N) is 1. The van der Waals surface area contributed by atoms with Crippen molar-refractivity contribution in [2.75, 3.05) is 19.8 Å². The molecule has 0 amide bonds. The standard InChI is InChI=1S/C10H21N3O2/c1-2-9(5-10(11)13-14)12-6-8-3-4-15-7-8/h8-9,12,14H,2-7H2,1H3,(H2,11,13). The fraction of sp³-hybridized carbons (Fsp3) is 0.900. The molecule has 0 aromatic carbocycles. The number of nitrogens with one attached hydrogen (secondary N) is 1. The van der Waals surface area contributed by atoms with E-state index >= 15 is 0 Å². The number of ether oxygens (including phenoxy) is 1. The highest BCUT2D eigenvalue weighted by atomic mass is 16.5. The van der Waals surface area contributed by atoms with Gasteiger partial charge in [0.25, 0.3) is 0 Å². The molecule has 1 heterocycles. The van der Waals surface area contributed by atoms with E-state index in [2.05, 4.69) is 17.4 Å². The first-order valence-electron chi connectivity index (χ1n) is 5.53. The molecule has 15 heavy (non-hydrogen) atoms. The van der Waals surface area contributed by atoms with Crippen molar-refractivity contribution in [3.8, 4) is 0 Å². The first-order chi connectivity index (χ1) is 7.26. The van der Waals surface area contributed by atoms with Gasteiger partial charge in [-0.1, -0.05) is 12.1 Å². The van der Waals surface area contributed by atoms with Crippen molar-refractivity contribution in [1.82, 2.24) is 5.32 Å². The number of oxime groups is 1. The zero-order valence-electron chi connectivity index (χ0n) is 9.28. The van der Waals surface area contributed by atoms with E-state index in [9.17, 15) is 0 Å². The predicted molar refractivity (Wildman–Crippen MR) is 59.0 cm³/mol. The Hall–Kier alpha value is -0.810. The average Bonchev–Trinajstić information content (AvgIpc) is 2.76. The molecule has 0 aromatic rings. The van der Waals surface area contributed by atoms with Crippen LogP contribution in [0.3, 0.4) is 0 Å². The van der Waals surface area contributed by atoms with Crippen molar-refractivity contribution < 1.29 is 9.94 Å². The van der Waals surface area contributed by atoms with Crippen molar-refractivity contribution in [2.45, 2.75) is 32.2 Å². The Morgan fingerprint density at radius 1 is 1.73 bits per heavy atom. The van der Waals surface area contributed by atoms with Crippen molar-refractivity contribution in [2.24, 2.45) is 16.8 Å². The molecular weight excluding hydrogens is 194 g/mol. The second-order valence-electron chi connectivity index (χ2n) is 4.04. The van der Waals surface area contributed by atoms with Crippen LogP contribution in [0, 0.1) is 5.92 Å². The number of hydrogen-bond donors (Lipinski definition) is 3. The molecule has 5 heteroatoms.